The van der Waals surface area contributed by atoms with Crippen molar-refractivity contribution < 1.29 is 18.0 Å². The van der Waals surface area contributed by atoms with Crippen molar-refractivity contribution in [2.24, 2.45) is 10.9 Å². The third-order valence-electron chi connectivity index (χ3n) is 3.90. The molecule has 1 amide bonds. The number of nitrogens with zero attached hydrogens (tertiary/aromatic N) is 2. The van der Waals surface area contributed by atoms with Gasteiger partial charge in [-0.2, -0.15) is 13.2 Å². The Kier molecular flexibility index (Phi) is 10.5. The minimum atomic E-state index is -4.41. The van der Waals surface area contributed by atoms with E-state index in [0.29, 0.717) is 30.5 Å². The van der Waals surface area contributed by atoms with E-state index in [1.807, 2.05) is 38.1 Å². The fourth-order valence-corrected chi connectivity index (χ4v) is 3.05. The van der Waals surface area contributed by atoms with Gasteiger partial charge in [0, 0.05) is 43.5 Å². The van der Waals surface area contributed by atoms with Gasteiger partial charge in [-0.15, -0.1) is 35.3 Å². The molecule has 2 aromatic rings. The summed E-state index contributed by atoms with van der Waals surface area (Å²) in [5.74, 6) is 0.410. The van der Waals surface area contributed by atoms with E-state index < -0.39 is 11.9 Å². The van der Waals surface area contributed by atoms with Crippen molar-refractivity contribution in [2.75, 3.05) is 18.9 Å². The molecule has 11 heteroatoms. The second-order valence-corrected chi connectivity index (χ2v) is 7.51. The molecule has 0 aliphatic carbocycles. The molecule has 0 radical (unpaired) electrons. The second-order valence-electron chi connectivity index (χ2n) is 6.57. The molecule has 0 spiro atoms. The quantitative estimate of drug-likeness (QED) is 0.271. The highest BCUT2D eigenvalue weighted by Crippen LogP contribution is 2.29. The number of carbonyl (C=O) groups is 1. The average Bonchev–Trinajstić information content (AvgIpc) is 3.15. The Labute approximate surface area is 194 Å². The molecular formula is C19H25F3IN5OS. The summed E-state index contributed by atoms with van der Waals surface area (Å²) in [4.78, 5) is 19.4. The van der Waals surface area contributed by atoms with E-state index in [1.54, 1.807) is 7.05 Å². The summed E-state index contributed by atoms with van der Waals surface area (Å²) in [6, 6.07) is 7.44. The highest BCUT2D eigenvalue weighted by atomic mass is 127. The van der Waals surface area contributed by atoms with E-state index in [0.717, 1.165) is 28.0 Å². The lowest BCUT2D eigenvalue weighted by molar-refractivity contribution is -0.140. The van der Waals surface area contributed by atoms with E-state index in [2.05, 4.69) is 25.9 Å². The van der Waals surface area contributed by atoms with Gasteiger partial charge in [0.25, 0.3) is 0 Å². The maximum atomic E-state index is 12.6. The van der Waals surface area contributed by atoms with Gasteiger partial charge in [-0.3, -0.25) is 9.79 Å². The van der Waals surface area contributed by atoms with E-state index in [4.69, 9.17) is 0 Å². The molecule has 0 aliphatic heterocycles. The highest BCUT2D eigenvalue weighted by molar-refractivity contribution is 14.0. The van der Waals surface area contributed by atoms with Crippen LogP contribution in [0.1, 0.15) is 30.1 Å². The summed E-state index contributed by atoms with van der Waals surface area (Å²) < 4.78 is 37.7. The lowest BCUT2D eigenvalue weighted by atomic mass is 10.1. The number of thiazole rings is 1. The predicted octanol–water partition coefficient (Wildman–Crippen LogP) is 4.28. The molecular weight excluding hydrogens is 530 g/mol. The van der Waals surface area contributed by atoms with Gasteiger partial charge in [0.2, 0.25) is 5.91 Å². The smallest absolute Gasteiger partial charge is 0.356 e. The Morgan fingerprint density at radius 2 is 1.87 bits per heavy atom. The maximum Gasteiger partial charge on any atom is 0.434 e. The number of carbonyl (C=O) groups excluding carboxylic acids is 1. The standard InChI is InChI=1S/C19H24F3N5OS.HI/c1-12(2)17(28)26-14-6-4-13(5-7-14)10-25-18(23-3)24-9-8-16-27-15(11-29-16)19(20,21)22;/h4-7,11-12H,8-10H2,1-3H3,(H,26,28)(H2,23,24,25);1H. The Morgan fingerprint density at radius 3 is 2.40 bits per heavy atom. The molecule has 0 atom stereocenters. The SMILES string of the molecule is CN=C(NCCc1nc(C(F)(F)F)cs1)NCc1ccc(NC(=O)C(C)C)cc1.I. The first kappa shape index (κ1) is 26.1. The first-order chi connectivity index (χ1) is 13.7. The number of rotatable bonds is 7. The van der Waals surface area contributed by atoms with Crippen LogP contribution in [-0.4, -0.2) is 30.4 Å². The number of halogens is 4. The second kappa shape index (κ2) is 12.1. The normalized spacial score (nSPS) is 11.8. The van der Waals surface area contributed by atoms with E-state index in [1.165, 1.54) is 0 Å². The van der Waals surface area contributed by atoms with Crippen LogP contribution in [0.15, 0.2) is 34.6 Å². The van der Waals surface area contributed by atoms with Crippen molar-refractivity contribution in [3.8, 4) is 0 Å². The monoisotopic (exact) mass is 555 g/mol. The van der Waals surface area contributed by atoms with Crippen LogP contribution in [0.4, 0.5) is 18.9 Å². The summed E-state index contributed by atoms with van der Waals surface area (Å²) in [5, 5.41) is 10.5. The summed E-state index contributed by atoms with van der Waals surface area (Å²) in [7, 11) is 1.62. The van der Waals surface area contributed by atoms with Gasteiger partial charge in [0.1, 0.15) is 0 Å². The van der Waals surface area contributed by atoms with Crippen molar-refractivity contribution in [3.05, 3.63) is 45.9 Å². The molecule has 0 saturated heterocycles. The number of alkyl halides is 3. The number of aromatic nitrogens is 1. The topological polar surface area (TPSA) is 78.4 Å². The van der Waals surface area contributed by atoms with Gasteiger partial charge in [0.15, 0.2) is 11.7 Å². The number of benzene rings is 1. The summed E-state index contributed by atoms with van der Waals surface area (Å²) in [6.07, 6.45) is -4.04. The van der Waals surface area contributed by atoms with E-state index >= 15 is 0 Å². The summed E-state index contributed by atoms with van der Waals surface area (Å²) in [6.45, 7) is 4.57. The fraction of sp³-hybridized carbons (Fsp3) is 0.421. The molecule has 1 heterocycles. The molecule has 30 heavy (non-hydrogen) atoms. The molecule has 3 N–H and O–H groups in total. The zero-order valence-corrected chi connectivity index (χ0v) is 20.0. The van der Waals surface area contributed by atoms with Gasteiger partial charge in [-0.1, -0.05) is 26.0 Å². The molecule has 0 saturated carbocycles. The van der Waals surface area contributed by atoms with Crippen molar-refractivity contribution >= 4 is 52.9 Å². The summed E-state index contributed by atoms with van der Waals surface area (Å²) in [5.41, 5.74) is 0.870. The molecule has 166 valence electrons. The largest absolute Gasteiger partial charge is 0.434 e. The highest BCUT2D eigenvalue weighted by Gasteiger charge is 2.33. The van der Waals surface area contributed by atoms with Crippen LogP contribution in [0.5, 0.6) is 0 Å². The first-order valence-corrected chi connectivity index (χ1v) is 9.93. The number of anilines is 1. The van der Waals surface area contributed by atoms with Crippen molar-refractivity contribution in [1.82, 2.24) is 15.6 Å². The molecule has 0 fully saturated rings. The van der Waals surface area contributed by atoms with Gasteiger partial charge in [-0.05, 0) is 17.7 Å². The van der Waals surface area contributed by atoms with Gasteiger partial charge < -0.3 is 16.0 Å². The van der Waals surface area contributed by atoms with Crippen LogP contribution in [-0.2, 0) is 23.9 Å². The minimum absolute atomic E-state index is 0. The van der Waals surface area contributed by atoms with Crippen LogP contribution in [0.3, 0.4) is 0 Å². The zero-order valence-electron chi connectivity index (χ0n) is 16.8. The third kappa shape index (κ3) is 8.46. The lowest BCUT2D eigenvalue weighted by Gasteiger charge is -2.12. The average molecular weight is 555 g/mol. The molecule has 2 rings (SSSR count). The van der Waals surface area contributed by atoms with Gasteiger partial charge in [-0.25, -0.2) is 4.98 Å². The Hall–Kier alpha value is -1.89. The number of guanidine groups is 1. The first-order valence-electron chi connectivity index (χ1n) is 9.05. The number of aliphatic imine (C=N–C) groups is 1. The minimum Gasteiger partial charge on any atom is -0.356 e. The van der Waals surface area contributed by atoms with E-state index in [9.17, 15) is 18.0 Å². The third-order valence-corrected chi connectivity index (χ3v) is 4.81. The van der Waals surface area contributed by atoms with Crippen LogP contribution in [0.2, 0.25) is 0 Å². The van der Waals surface area contributed by atoms with Crippen molar-refractivity contribution in [2.45, 2.75) is 33.0 Å². The number of hydrogen-bond donors (Lipinski definition) is 3. The molecule has 1 aromatic carbocycles. The number of amides is 1. The van der Waals surface area contributed by atoms with Crippen LogP contribution < -0.4 is 16.0 Å². The Bertz CT molecular complexity index is 837. The summed E-state index contributed by atoms with van der Waals surface area (Å²) >= 11 is 0.992. The molecule has 0 aliphatic rings. The molecule has 0 unspecified atom stereocenters. The number of hydrogen-bond acceptors (Lipinski definition) is 4. The van der Waals surface area contributed by atoms with Crippen LogP contribution in [0.25, 0.3) is 0 Å². The van der Waals surface area contributed by atoms with Crippen LogP contribution in [0, 0.1) is 5.92 Å². The Morgan fingerprint density at radius 1 is 1.20 bits per heavy atom. The van der Waals surface area contributed by atoms with Crippen molar-refractivity contribution in [1.29, 1.82) is 0 Å². The Balaban J connectivity index is 0.00000450. The molecule has 1 aromatic heterocycles. The predicted molar refractivity (Wildman–Crippen MR) is 124 cm³/mol. The van der Waals surface area contributed by atoms with Gasteiger partial charge >= 0.3 is 6.18 Å². The molecule has 6 nitrogen and oxygen atoms in total. The zero-order chi connectivity index (χ0) is 21.4. The maximum absolute atomic E-state index is 12.6. The fourth-order valence-electron chi connectivity index (χ4n) is 2.24. The van der Waals surface area contributed by atoms with Gasteiger partial charge in [0.05, 0.1) is 5.01 Å². The lowest BCUT2D eigenvalue weighted by Crippen LogP contribution is -2.37. The van der Waals surface area contributed by atoms with Crippen LogP contribution >= 0.6 is 35.3 Å². The number of nitrogens with one attached hydrogen (secondary N) is 3. The van der Waals surface area contributed by atoms with E-state index in [-0.39, 0.29) is 35.8 Å². The van der Waals surface area contributed by atoms with Crippen molar-refractivity contribution in [3.63, 3.8) is 0 Å². The molecule has 0 bridgehead atoms.